The van der Waals surface area contributed by atoms with Gasteiger partial charge in [-0.1, -0.05) is 30.3 Å². The Bertz CT molecular complexity index is 1320. The van der Waals surface area contributed by atoms with E-state index in [1.165, 1.54) is 0 Å². The fraction of sp³-hybridized carbons (Fsp3) is 0.333. The minimum Gasteiger partial charge on any atom is -0.445 e. The molecule has 1 N–H and O–H groups in total. The largest absolute Gasteiger partial charge is 0.445 e. The summed E-state index contributed by atoms with van der Waals surface area (Å²) in [5, 5.41) is 7.71. The highest BCUT2D eigenvalue weighted by molar-refractivity contribution is 6.00. The van der Waals surface area contributed by atoms with Gasteiger partial charge in [-0.25, -0.2) is 9.67 Å². The minimum atomic E-state index is -0.201. The van der Waals surface area contributed by atoms with Crippen LogP contribution < -0.4 is 10.2 Å². The monoisotopic (exact) mass is 444 g/mol. The van der Waals surface area contributed by atoms with Crippen molar-refractivity contribution < 1.29 is 13.9 Å². The van der Waals surface area contributed by atoms with E-state index in [2.05, 4.69) is 10.2 Å². The maximum absolute atomic E-state index is 12.8. The number of amides is 1. The number of furan rings is 1. The molecule has 0 unspecified atom stereocenters. The molecule has 0 bridgehead atoms. The van der Waals surface area contributed by atoms with Crippen LogP contribution in [0.4, 0.5) is 5.82 Å². The van der Waals surface area contributed by atoms with Crippen molar-refractivity contribution >= 4 is 22.8 Å². The standard InChI is InChI=1S/C24H24N6O3/c1-15-19-21(33-20(15)23(31)25-17-7-8-17)22(29-11-13-32-14-12-29)27-24(26-19)30-10-9-18(28-30)16-5-3-2-4-6-16/h2-6,9-10,17H,7-8,11-14H2,1H3,(H,25,31). The van der Waals surface area contributed by atoms with Gasteiger partial charge in [-0.15, -0.1) is 0 Å². The second kappa shape index (κ2) is 8.00. The molecule has 2 aliphatic rings. The first kappa shape index (κ1) is 19.9. The van der Waals surface area contributed by atoms with Crippen molar-refractivity contribution in [2.24, 2.45) is 0 Å². The van der Waals surface area contributed by atoms with Gasteiger partial charge in [0.2, 0.25) is 0 Å². The minimum absolute atomic E-state index is 0.201. The predicted octanol–water partition coefficient (Wildman–Crippen LogP) is 3.11. The number of fused-ring (bicyclic) bond motifs is 1. The van der Waals surface area contributed by atoms with E-state index in [0.29, 0.717) is 60.5 Å². The van der Waals surface area contributed by atoms with Gasteiger partial charge < -0.3 is 19.4 Å². The second-order valence-corrected chi connectivity index (χ2v) is 8.44. The Morgan fingerprint density at radius 3 is 2.64 bits per heavy atom. The van der Waals surface area contributed by atoms with Crippen molar-refractivity contribution in [3.8, 4) is 17.2 Å². The van der Waals surface area contributed by atoms with Crippen LogP contribution in [0.1, 0.15) is 29.0 Å². The van der Waals surface area contributed by atoms with Crippen LogP contribution in [0, 0.1) is 6.92 Å². The SMILES string of the molecule is Cc1c(C(=O)NC2CC2)oc2c(N3CCOCC3)nc(-n3ccc(-c4ccccc4)n3)nc12. The Balaban J connectivity index is 1.46. The van der Waals surface area contributed by atoms with Gasteiger partial charge >= 0.3 is 0 Å². The first-order valence-corrected chi connectivity index (χ1v) is 11.2. The number of anilines is 1. The van der Waals surface area contributed by atoms with Gasteiger partial charge in [-0.05, 0) is 25.8 Å². The molecular formula is C24H24N6O3. The van der Waals surface area contributed by atoms with Crippen LogP contribution in [0.5, 0.6) is 0 Å². The van der Waals surface area contributed by atoms with Crippen molar-refractivity contribution in [1.29, 1.82) is 0 Å². The van der Waals surface area contributed by atoms with E-state index in [1.807, 2.05) is 49.5 Å². The smallest absolute Gasteiger partial charge is 0.287 e. The Labute approximate surface area is 190 Å². The molecule has 0 atom stereocenters. The number of carbonyl (C=O) groups excluding carboxylic acids is 1. The summed E-state index contributed by atoms with van der Waals surface area (Å²) < 4.78 is 13.3. The number of ether oxygens (including phenoxy) is 1. The summed E-state index contributed by atoms with van der Waals surface area (Å²) in [6.07, 6.45) is 3.87. The van der Waals surface area contributed by atoms with E-state index in [4.69, 9.17) is 24.2 Å². The molecule has 1 amide bonds. The molecule has 9 heteroatoms. The van der Waals surface area contributed by atoms with Crippen molar-refractivity contribution in [1.82, 2.24) is 25.1 Å². The molecule has 0 spiro atoms. The summed E-state index contributed by atoms with van der Waals surface area (Å²) in [7, 11) is 0. The molecule has 6 rings (SSSR count). The number of hydrogen-bond donors (Lipinski definition) is 1. The zero-order valence-corrected chi connectivity index (χ0v) is 18.3. The molecule has 1 saturated heterocycles. The van der Waals surface area contributed by atoms with E-state index in [1.54, 1.807) is 4.68 Å². The third-order valence-electron chi connectivity index (χ3n) is 6.03. The Morgan fingerprint density at radius 1 is 1.09 bits per heavy atom. The number of aryl methyl sites for hydroxylation is 1. The van der Waals surface area contributed by atoms with Gasteiger partial charge in [-0.2, -0.15) is 10.1 Å². The highest BCUT2D eigenvalue weighted by Crippen LogP contribution is 2.32. The number of nitrogens with zero attached hydrogens (tertiary/aromatic N) is 5. The lowest BCUT2D eigenvalue weighted by Gasteiger charge is -2.27. The fourth-order valence-electron chi connectivity index (χ4n) is 4.05. The molecule has 0 radical (unpaired) electrons. The average molecular weight is 444 g/mol. The zero-order chi connectivity index (χ0) is 22.4. The van der Waals surface area contributed by atoms with Crippen LogP contribution in [0.3, 0.4) is 0 Å². The van der Waals surface area contributed by atoms with Crippen LogP contribution >= 0.6 is 0 Å². The molecule has 1 aromatic carbocycles. The zero-order valence-electron chi connectivity index (χ0n) is 18.3. The number of hydrogen-bond acceptors (Lipinski definition) is 7. The van der Waals surface area contributed by atoms with Gasteiger partial charge in [-0.3, -0.25) is 4.79 Å². The van der Waals surface area contributed by atoms with Crippen LogP contribution in [0.15, 0.2) is 47.0 Å². The fourth-order valence-corrected chi connectivity index (χ4v) is 4.05. The summed E-state index contributed by atoms with van der Waals surface area (Å²) in [5.41, 5.74) is 3.70. The number of rotatable bonds is 5. The summed E-state index contributed by atoms with van der Waals surface area (Å²) in [5.74, 6) is 1.18. The van der Waals surface area contributed by atoms with Crippen molar-refractivity contribution in [3.63, 3.8) is 0 Å². The summed E-state index contributed by atoms with van der Waals surface area (Å²) in [6, 6.07) is 12.2. The van der Waals surface area contributed by atoms with Crippen LogP contribution in [0.25, 0.3) is 28.3 Å². The molecule has 3 aromatic heterocycles. The van der Waals surface area contributed by atoms with Gasteiger partial charge in [0.15, 0.2) is 17.2 Å². The lowest BCUT2D eigenvalue weighted by atomic mass is 10.2. The molecule has 168 valence electrons. The molecule has 9 nitrogen and oxygen atoms in total. The van der Waals surface area contributed by atoms with Crippen molar-refractivity contribution in [3.05, 3.63) is 53.9 Å². The van der Waals surface area contributed by atoms with Gasteiger partial charge in [0.1, 0.15) is 5.52 Å². The Kier molecular flexibility index (Phi) is 4.83. The lowest BCUT2D eigenvalue weighted by Crippen LogP contribution is -2.37. The van der Waals surface area contributed by atoms with E-state index in [0.717, 1.165) is 24.1 Å². The van der Waals surface area contributed by atoms with E-state index >= 15 is 0 Å². The van der Waals surface area contributed by atoms with Crippen molar-refractivity contribution in [2.45, 2.75) is 25.8 Å². The van der Waals surface area contributed by atoms with Crippen LogP contribution in [-0.2, 0) is 4.74 Å². The van der Waals surface area contributed by atoms with Crippen LogP contribution in [0.2, 0.25) is 0 Å². The average Bonchev–Trinajstić information content (AvgIpc) is 3.41. The molecule has 1 aliphatic heterocycles. The quantitative estimate of drug-likeness (QED) is 0.505. The molecule has 33 heavy (non-hydrogen) atoms. The first-order valence-electron chi connectivity index (χ1n) is 11.2. The Hall–Kier alpha value is -3.72. The van der Waals surface area contributed by atoms with E-state index < -0.39 is 0 Å². The van der Waals surface area contributed by atoms with Gasteiger partial charge in [0.25, 0.3) is 11.9 Å². The van der Waals surface area contributed by atoms with Gasteiger partial charge in [0, 0.05) is 36.5 Å². The molecule has 4 heterocycles. The van der Waals surface area contributed by atoms with Crippen LogP contribution in [-0.4, -0.2) is 58.0 Å². The third kappa shape index (κ3) is 3.74. The highest BCUT2D eigenvalue weighted by Gasteiger charge is 2.29. The van der Waals surface area contributed by atoms with E-state index in [9.17, 15) is 4.79 Å². The maximum atomic E-state index is 12.8. The maximum Gasteiger partial charge on any atom is 0.287 e. The summed E-state index contributed by atoms with van der Waals surface area (Å²) in [4.78, 5) is 24.5. The summed E-state index contributed by atoms with van der Waals surface area (Å²) in [6.45, 7) is 4.45. The van der Waals surface area contributed by atoms with Gasteiger partial charge in [0.05, 0.1) is 18.9 Å². The molecule has 4 aromatic rings. The molecule has 2 fully saturated rings. The van der Waals surface area contributed by atoms with E-state index in [-0.39, 0.29) is 11.9 Å². The molecular weight excluding hydrogens is 420 g/mol. The Morgan fingerprint density at radius 2 is 1.88 bits per heavy atom. The number of benzene rings is 1. The topological polar surface area (TPSA) is 98.3 Å². The second-order valence-electron chi connectivity index (χ2n) is 8.44. The number of morpholine rings is 1. The number of nitrogens with one attached hydrogen (secondary N) is 1. The normalized spacial score (nSPS) is 16.3. The first-order chi connectivity index (χ1) is 16.2. The van der Waals surface area contributed by atoms with Crippen molar-refractivity contribution in [2.75, 3.05) is 31.2 Å². The lowest BCUT2D eigenvalue weighted by molar-refractivity contribution is 0.0924. The summed E-state index contributed by atoms with van der Waals surface area (Å²) >= 11 is 0. The molecule has 1 saturated carbocycles. The third-order valence-corrected chi connectivity index (χ3v) is 6.03. The number of carbonyl (C=O) groups is 1. The predicted molar refractivity (Wildman–Crippen MR) is 123 cm³/mol. The highest BCUT2D eigenvalue weighted by atomic mass is 16.5. The number of aromatic nitrogens is 4. The molecule has 1 aliphatic carbocycles.